The Balaban J connectivity index is 1.13. The molecule has 5 rings (SSSR count). The predicted octanol–water partition coefficient (Wildman–Crippen LogP) is 4.02. The number of alkyl carbamates (subject to hydrolysis) is 1. The summed E-state index contributed by atoms with van der Waals surface area (Å²) in [6.45, 7) is 0.595. The maximum atomic E-state index is 12.9. The van der Waals surface area contributed by atoms with Gasteiger partial charge >= 0.3 is 12.1 Å². The summed E-state index contributed by atoms with van der Waals surface area (Å²) in [6.07, 6.45) is 2.80. The van der Waals surface area contributed by atoms with Crippen LogP contribution in [0.25, 0.3) is 11.1 Å². The second-order valence-corrected chi connectivity index (χ2v) is 9.75. The summed E-state index contributed by atoms with van der Waals surface area (Å²) >= 11 is 0. The Hall–Kier alpha value is -3.35. The van der Waals surface area contributed by atoms with Crippen LogP contribution in [-0.2, 0) is 14.3 Å². The molecule has 0 aliphatic heterocycles. The van der Waals surface area contributed by atoms with E-state index in [1.807, 2.05) is 24.3 Å². The minimum atomic E-state index is -1.08. The van der Waals surface area contributed by atoms with Gasteiger partial charge in [0.15, 0.2) is 0 Å². The molecular weight excluding hydrogens is 432 g/mol. The van der Waals surface area contributed by atoms with E-state index in [9.17, 15) is 19.5 Å². The molecule has 2 amide bonds. The number of carbonyl (C=O) groups excluding carboxylic acids is 2. The number of carboxylic acids is 1. The third-order valence-corrected chi connectivity index (χ3v) is 7.89. The van der Waals surface area contributed by atoms with Crippen LogP contribution in [0, 0.1) is 11.8 Å². The van der Waals surface area contributed by atoms with Gasteiger partial charge in [0.05, 0.1) is 0 Å². The SMILES string of the molecule is CN(C(=O)C1CC1CNC(=O)OCC1c2ccccc2-c2ccccc21)C1(C(=O)O)CCCC1. The number of nitrogens with one attached hydrogen (secondary N) is 1. The van der Waals surface area contributed by atoms with Crippen LogP contribution in [0.15, 0.2) is 48.5 Å². The van der Waals surface area contributed by atoms with E-state index >= 15 is 0 Å². The summed E-state index contributed by atoms with van der Waals surface area (Å²) in [5.74, 6) is -1.28. The molecule has 7 heteroatoms. The molecule has 2 saturated carbocycles. The van der Waals surface area contributed by atoms with Crippen molar-refractivity contribution >= 4 is 18.0 Å². The Morgan fingerprint density at radius 2 is 1.62 bits per heavy atom. The molecule has 0 spiro atoms. The number of benzene rings is 2. The Labute approximate surface area is 199 Å². The first-order valence-electron chi connectivity index (χ1n) is 12.0. The molecule has 0 aromatic heterocycles. The maximum Gasteiger partial charge on any atom is 0.407 e. The molecule has 3 aliphatic carbocycles. The summed E-state index contributed by atoms with van der Waals surface area (Å²) in [6, 6.07) is 16.4. The van der Waals surface area contributed by atoms with Gasteiger partial charge in [-0.1, -0.05) is 61.4 Å². The van der Waals surface area contributed by atoms with Crippen LogP contribution in [0.2, 0.25) is 0 Å². The van der Waals surface area contributed by atoms with Crippen LogP contribution in [0.3, 0.4) is 0 Å². The average Bonchev–Trinajstić information content (AvgIpc) is 3.31. The Kier molecular flexibility index (Phi) is 5.80. The molecule has 0 radical (unpaired) electrons. The first-order valence-corrected chi connectivity index (χ1v) is 12.0. The topological polar surface area (TPSA) is 95.9 Å². The number of fused-ring (bicyclic) bond motifs is 3. The number of hydrogen-bond acceptors (Lipinski definition) is 4. The third kappa shape index (κ3) is 3.83. The smallest absolute Gasteiger partial charge is 0.407 e. The zero-order valence-corrected chi connectivity index (χ0v) is 19.3. The second kappa shape index (κ2) is 8.78. The molecule has 2 N–H and O–H groups in total. The fraction of sp³-hybridized carbons (Fsp3) is 0.444. The minimum absolute atomic E-state index is 0.000621. The molecule has 2 fully saturated rings. The first-order chi connectivity index (χ1) is 16.4. The van der Waals surface area contributed by atoms with E-state index in [0.717, 1.165) is 24.0 Å². The highest BCUT2D eigenvalue weighted by Crippen LogP contribution is 2.45. The van der Waals surface area contributed by atoms with E-state index in [-0.39, 0.29) is 30.3 Å². The molecule has 2 atom stereocenters. The third-order valence-electron chi connectivity index (χ3n) is 7.89. The van der Waals surface area contributed by atoms with Crippen LogP contribution in [0.1, 0.15) is 49.1 Å². The van der Waals surface area contributed by atoms with E-state index < -0.39 is 17.6 Å². The molecule has 3 aliphatic rings. The largest absolute Gasteiger partial charge is 0.479 e. The van der Waals surface area contributed by atoms with Crippen molar-refractivity contribution < 1.29 is 24.2 Å². The lowest BCUT2D eigenvalue weighted by Crippen LogP contribution is -2.54. The number of rotatable bonds is 7. The maximum absolute atomic E-state index is 12.9. The van der Waals surface area contributed by atoms with Crippen molar-refractivity contribution in [1.29, 1.82) is 0 Å². The van der Waals surface area contributed by atoms with Gasteiger partial charge in [0, 0.05) is 25.4 Å². The van der Waals surface area contributed by atoms with Gasteiger partial charge in [0.25, 0.3) is 0 Å². The van der Waals surface area contributed by atoms with Crippen LogP contribution in [0.5, 0.6) is 0 Å². The summed E-state index contributed by atoms with van der Waals surface area (Å²) in [5.41, 5.74) is 3.59. The highest BCUT2D eigenvalue weighted by atomic mass is 16.5. The fourth-order valence-corrected chi connectivity index (χ4v) is 5.75. The molecule has 2 unspecified atom stereocenters. The number of hydrogen-bond donors (Lipinski definition) is 2. The van der Waals surface area contributed by atoms with Gasteiger partial charge in [-0.15, -0.1) is 0 Å². The molecule has 7 nitrogen and oxygen atoms in total. The minimum Gasteiger partial charge on any atom is -0.479 e. The number of carboxylic acid groups (broad SMARTS) is 1. The quantitative estimate of drug-likeness (QED) is 0.648. The van der Waals surface area contributed by atoms with Gasteiger partial charge in [0.1, 0.15) is 12.1 Å². The van der Waals surface area contributed by atoms with E-state index in [0.29, 0.717) is 25.8 Å². The van der Waals surface area contributed by atoms with Crippen molar-refractivity contribution in [2.75, 3.05) is 20.2 Å². The summed E-state index contributed by atoms with van der Waals surface area (Å²) < 4.78 is 5.57. The number of carbonyl (C=O) groups is 3. The first kappa shape index (κ1) is 22.4. The number of ether oxygens (including phenoxy) is 1. The predicted molar refractivity (Wildman–Crippen MR) is 126 cm³/mol. The molecular formula is C27H30N2O5. The molecule has 178 valence electrons. The highest BCUT2D eigenvalue weighted by molar-refractivity contribution is 5.89. The van der Waals surface area contributed by atoms with Gasteiger partial charge < -0.3 is 20.1 Å². The lowest BCUT2D eigenvalue weighted by molar-refractivity contribution is -0.158. The summed E-state index contributed by atoms with van der Waals surface area (Å²) in [4.78, 5) is 38.6. The average molecular weight is 463 g/mol. The van der Waals surface area contributed by atoms with Crippen LogP contribution >= 0.6 is 0 Å². The molecule has 2 aromatic carbocycles. The van der Waals surface area contributed by atoms with Crippen molar-refractivity contribution in [3.63, 3.8) is 0 Å². The monoisotopic (exact) mass is 462 g/mol. The summed E-state index contributed by atoms with van der Waals surface area (Å²) in [7, 11) is 1.61. The lowest BCUT2D eigenvalue weighted by atomic mass is 9.95. The Bertz CT molecular complexity index is 1080. The van der Waals surface area contributed by atoms with Crippen LogP contribution in [0.4, 0.5) is 4.79 Å². The number of nitrogens with zero attached hydrogens (tertiary/aromatic N) is 1. The molecule has 0 heterocycles. The van der Waals surface area contributed by atoms with Crippen molar-refractivity contribution in [2.45, 2.75) is 43.6 Å². The van der Waals surface area contributed by atoms with Gasteiger partial charge in [-0.3, -0.25) is 4.79 Å². The Morgan fingerprint density at radius 1 is 1.03 bits per heavy atom. The lowest BCUT2D eigenvalue weighted by Gasteiger charge is -2.35. The highest BCUT2D eigenvalue weighted by Gasteiger charge is 2.52. The van der Waals surface area contributed by atoms with E-state index in [4.69, 9.17) is 4.74 Å². The van der Waals surface area contributed by atoms with Crippen molar-refractivity contribution in [1.82, 2.24) is 10.2 Å². The van der Waals surface area contributed by atoms with Gasteiger partial charge in [0.2, 0.25) is 5.91 Å². The van der Waals surface area contributed by atoms with Crippen molar-refractivity contribution in [2.24, 2.45) is 11.8 Å². The normalized spacial score (nSPS) is 21.9. The van der Waals surface area contributed by atoms with Gasteiger partial charge in [-0.05, 0) is 47.4 Å². The van der Waals surface area contributed by atoms with Crippen LogP contribution in [-0.4, -0.2) is 53.7 Å². The second-order valence-electron chi connectivity index (χ2n) is 9.75. The molecule has 0 saturated heterocycles. The molecule has 34 heavy (non-hydrogen) atoms. The zero-order valence-electron chi connectivity index (χ0n) is 19.3. The van der Waals surface area contributed by atoms with E-state index in [1.165, 1.54) is 16.0 Å². The van der Waals surface area contributed by atoms with Gasteiger partial charge in [-0.25, -0.2) is 9.59 Å². The number of aliphatic carboxylic acids is 1. The summed E-state index contributed by atoms with van der Waals surface area (Å²) in [5, 5.41) is 12.5. The fourth-order valence-electron chi connectivity index (χ4n) is 5.75. The zero-order chi connectivity index (χ0) is 23.9. The molecule has 0 bridgehead atoms. The van der Waals surface area contributed by atoms with E-state index in [2.05, 4.69) is 29.6 Å². The van der Waals surface area contributed by atoms with Crippen molar-refractivity contribution in [3.8, 4) is 11.1 Å². The van der Waals surface area contributed by atoms with Gasteiger partial charge in [-0.2, -0.15) is 0 Å². The number of likely N-dealkylation sites (N-methyl/N-ethyl adjacent to an activating group) is 1. The molecule has 2 aromatic rings. The number of amides is 2. The van der Waals surface area contributed by atoms with Crippen LogP contribution < -0.4 is 5.32 Å². The van der Waals surface area contributed by atoms with E-state index in [1.54, 1.807) is 7.05 Å². The Morgan fingerprint density at radius 3 is 2.21 bits per heavy atom. The van der Waals surface area contributed by atoms with Crippen molar-refractivity contribution in [3.05, 3.63) is 59.7 Å². The standard InChI is InChI=1S/C27H30N2O5/c1-29(27(25(31)32)12-6-7-13-27)24(30)22-14-17(22)15-28-26(33)34-16-23-20-10-4-2-8-18(20)19-9-3-5-11-21(19)23/h2-5,8-11,17,22-23H,6-7,12-16H2,1H3,(H,28,33)(H,31,32).